The zero-order valence-electron chi connectivity index (χ0n) is 29.9. The third kappa shape index (κ3) is 12.0. The fourth-order valence-electron chi connectivity index (χ4n) is 5.97. The van der Waals surface area contributed by atoms with Crippen molar-refractivity contribution in [2.75, 3.05) is 10.3 Å². The van der Waals surface area contributed by atoms with Gasteiger partial charge in [0.15, 0.2) is 6.10 Å². The number of carbonyl (C=O) groups excluding carboxylic acids is 2. The van der Waals surface area contributed by atoms with Crippen molar-refractivity contribution in [3.8, 4) is 5.75 Å². The molecule has 2 heterocycles. The number of rotatable bonds is 23. The van der Waals surface area contributed by atoms with Crippen LogP contribution in [-0.4, -0.2) is 49.1 Å². The van der Waals surface area contributed by atoms with Crippen LogP contribution < -0.4 is 15.1 Å². The number of carbonyl (C=O) groups is 2. The summed E-state index contributed by atoms with van der Waals surface area (Å²) in [5.41, 5.74) is 3.15. The number of anilines is 2. The summed E-state index contributed by atoms with van der Waals surface area (Å²) >= 11 is 1.29. The molecule has 0 bridgehead atoms. The van der Waals surface area contributed by atoms with Crippen LogP contribution in [0.25, 0.3) is 0 Å². The summed E-state index contributed by atoms with van der Waals surface area (Å²) in [6.07, 6.45) is 18.4. The van der Waals surface area contributed by atoms with Gasteiger partial charge in [0.25, 0.3) is 11.8 Å². The predicted molar refractivity (Wildman–Crippen MR) is 199 cm³/mol. The normalized spacial score (nSPS) is 15.0. The number of nitrogens with zero attached hydrogens (tertiary/aromatic N) is 6. The Morgan fingerprint density at radius 2 is 1.55 bits per heavy atom. The van der Waals surface area contributed by atoms with Crippen molar-refractivity contribution in [3.05, 3.63) is 54.1 Å². The van der Waals surface area contributed by atoms with E-state index in [1.54, 1.807) is 28.9 Å². The van der Waals surface area contributed by atoms with Crippen LogP contribution in [0.5, 0.6) is 5.75 Å². The first kappa shape index (κ1) is 38.1. The molecule has 0 saturated heterocycles. The van der Waals surface area contributed by atoms with E-state index in [1.807, 2.05) is 32.9 Å². The molecule has 2 amide bonds. The highest BCUT2D eigenvalue weighted by Gasteiger charge is 2.36. The number of thioether (sulfide) groups is 1. The molecule has 0 aliphatic carbocycles. The van der Waals surface area contributed by atoms with Crippen LogP contribution in [0.3, 0.4) is 0 Å². The van der Waals surface area contributed by atoms with E-state index in [1.165, 1.54) is 106 Å². The lowest BCUT2D eigenvalue weighted by Gasteiger charge is -2.18. The van der Waals surface area contributed by atoms with E-state index < -0.39 is 11.4 Å². The lowest BCUT2D eigenvalue weighted by molar-refractivity contribution is -0.122. The van der Waals surface area contributed by atoms with E-state index in [0.717, 1.165) is 6.42 Å². The number of amides is 2. The van der Waals surface area contributed by atoms with Crippen LogP contribution in [-0.2, 0) is 22.6 Å². The quantitative estimate of drug-likeness (QED) is 0.0989. The van der Waals surface area contributed by atoms with Gasteiger partial charge in [-0.3, -0.25) is 9.59 Å². The minimum absolute atomic E-state index is 0.166. The Balaban J connectivity index is 1.17. The summed E-state index contributed by atoms with van der Waals surface area (Å²) in [6, 6.07) is 15.2. The van der Waals surface area contributed by atoms with Crippen molar-refractivity contribution in [2.24, 2.45) is 5.10 Å². The highest BCUT2D eigenvalue weighted by molar-refractivity contribution is 8.01. The van der Waals surface area contributed by atoms with Crippen LogP contribution in [0.15, 0.2) is 58.8 Å². The number of hydrazone groups is 1. The molecule has 2 aromatic carbocycles. The summed E-state index contributed by atoms with van der Waals surface area (Å²) in [5.74, 6) is 0.333. The van der Waals surface area contributed by atoms with Gasteiger partial charge in [-0.15, -0.1) is 5.10 Å². The molecule has 2 atom stereocenters. The molecule has 3 aromatic rings. The predicted octanol–water partition coefficient (Wildman–Crippen LogP) is 9.01. The molecular weight excluding hydrogens is 635 g/mol. The lowest BCUT2D eigenvalue weighted by atomic mass is 10.0. The van der Waals surface area contributed by atoms with Crippen molar-refractivity contribution in [1.82, 2.24) is 20.2 Å². The van der Waals surface area contributed by atoms with Crippen molar-refractivity contribution >= 4 is 40.7 Å². The summed E-state index contributed by atoms with van der Waals surface area (Å²) < 4.78 is 7.81. The number of hydrogen-bond acceptors (Lipinski definition) is 8. The van der Waals surface area contributed by atoms with Gasteiger partial charge in [0, 0.05) is 12.2 Å². The van der Waals surface area contributed by atoms with E-state index in [4.69, 9.17) is 4.74 Å². The van der Waals surface area contributed by atoms with Crippen molar-refractivity contribution in [3.63, 3.8) is 0 Å². The Labute approximate surface area is 296 Å². The lowest BCUT2D eigenvalue weighted by Crippen LogP contribution is -2.32. The topological polar surface area (TPSA) is 115 Å². The molecule has 2 unspecified atom stereocenters. The zero-order chi connectivity index (χ0) is 34.8. The Kier molecular flexibility index (Phi) is 16.1. The third-order valence-electron chi connectivity index (χ3n) is 8.88. The second-order valence-corrected chi connectivity index (χ2v) is 13.9. The molecule has 1 aliphatic rings. The second-order valence-electron chi connectivity index (χ2n) is 12.9. The first-order valence-electron chi connectivity index (χ1n) is 18.4. The van der Waals surface area contributed by atoms with Gasteiger partial charge >= 0.3 is 0 Å². The Morgan fingerprint density at radius 3 is 2.18 bits per heavy atom. The number of aryl methyl sites for hydroxylation is 2. The van der Waals surface area contributed by atoms with E-state index >= 15 is 0 Å². The highest BCUT2D eigenvalue weighted by atomic mass is 32.2. The van der Waals surface area contributed by atoms with Crippen LogP contribution in [0.4, 0.5) is 11.4 Å². The smallest absolute Gasteiger partial charge is 0.266 e. The van der Waals surface area contributed by atoms with Gasteiger partial charge in [0.1, 0.15) is 11.0 Å². The van der Waals surface area contributed by atoms with Crippen LogP contribution in [0, 0.1) is 0 Å². The summed E-state index contributed by atoms with van der Waals surface area (Å²) in [4.78, 5) is 26.4. The maximum Gasteiger partial charge on any atom is 0.266 e. The Bertz CT molecular complexity index is 1480. The number of benzene rings is 2. The van der Waals surface area contributed by atoms with Gasteiger partial charge in [-0.1, -0.05) is 115 Å². The largest absolute Gasteiger partial charge is 0.481 e. The first-order chi connectivity index (χ1) is 23.9. The number of tetrazole rings is 1. The monoisotopic (exact) mass is 689 g/mol. The number of ether oxygens (including phenoxy) is 1. The number of unbranched alkanes of at least 4 members (excludes halogenated alkanes) is 12. The molecule has 1 aromatic heterocycles. The first-order valence-corrected chi connectivity index (χ1v) is 19.3. The number of nitrogens with one attached hydrogen (secondary N) is 1. The summed E-state index contributed by atoms with van der Waals surface area (Å²) in [7, 11) is 0. The van der Waals surface area contributed by atoms with E-state index in [-0.39, 0.29) is 11.8 Å². The van der Waals surface area contributed by atoms with Crippen LogP contribution >= 0.6 is 11.8 Å². The fourth-order valence-corrected chi connectivity index (χ4v) is 6.97. The molecule has 49 heavy (non-hydrogen) atoms. The molecule has 1 aliphatic heterocycles. The van der Waals surface area contributed by atoms with Crippen molar-refractivity contribution < 1.29 is 14.3 Å². The summed E-state index contributed by atoms with van der Waals surface area (Å²) in [6.45, 7) is 8.59. The van der Waals surface area contributed by atoms with Gasteiger partial charge in [-0.2, -0.15) is 10.1 Å². The maximum atomic E-state index is 13.2. The van der Waals surface area contributed by atoms with E-state index in [0.29, 0.717) is 41.0 Å². The van der Waals surface area contributed by atoms with Gasteiger partial charge in [0.2, 0.25) is 5.16 Å². The Morgan fingerprint density at radius 1 is 0.898 bits per heavy atom. The Hall–Kier alpha value is -3.73. The van der Waals surface area contributed by atoms with Gasteiger partial charge in [0.05, 0.1) is 11.4 Å². The minimum Gasteiger partial charge on any atom is -0.481 e. The van der Waals surface area contributed by atoms with Crippen LogP contribution in [0.1, 0.15) is 123 Å². The van der Waals surface area contributed by atoms with Crippen molar-refractivity contribution in [2.45, 2.75) is 147 Å². The molecule has 0 radical (unpaired) electrons. The van der Waals surface area contributed by atoms with Gasteiger partial charge in [-0.05, 0) is 85.5 Å². The molecule has 4 rings (SSSR count). The van der Waals surface area contributed by atoms with Crippen molar-refractivity contribution in [1.29, 1.82) is 0 Å². The molecule has 266 valence electrons. The SMILES string of the molecule is CCCCCCCCCCCCCCCc1cccc(OC(CC)C(=O)Nc2ccc(N3N=C(C)C(Sc4nnnn4CC)C3=O)cc2)c1. The second kappa shape index (κ2) is 20.7. The number of hydrogen-bond donors (Lipinski definition) is 1. The number of aromatic nitrogens is 4. The maximum absolute atomic E-state index is 13.2. The van der Waals surface area contributed by atoms with Gasteiger partial charge < -0.3 is 10.1 Å². The van der Waals surface area contributed by atoms with E-state index in [9.17, 15) is 9.59 Å². The fraction of sp³-hybridized carbons (Fsp3) is 0.579. The average Bonchev–Trinajstić information content (AvgIpc) is 3.69. The highest BCUT2D eigenvalue weighted by Crippen LogP contribution is 2.31. The standard InChI is InChI=1S/C38H55N7O3S/c1-5-8-9-10-11-12-13-14-15-16-17-18-19-21-30-22-20-23-33(28-30)48-34(6-2)36(46)39-31-24-26-32(27-25-31)45-37(47)35(29(4)41-45)49-38-40-42-43-44(38)7-3/h20,22-28,34-35H,5-19,21H2,1-4H3,(H,39,46). The molecule has 11 heteroatoms. The third-order valence-corrected chi connectivity index (χ3v) is 10.2. The van der Waals surface area contributed by atoms with E-state index in [2.05, 4.69) is 45.0 Å². The summed E-state index contributed by atoms with van der Waals surface area (Å²) in [5, 5.41) is 20.6. The molecule has 1 N–H and O–H groups in total. The average molecular weight is 690 g/mol. The minimum atomic E-state index is -0.629. The zero-order valence-corrected chi connectivity index (χ0v) is 30.7. The molecule has 0 saturated carbocycles. The van der Waals surface area contributed by atoms with Crippen LogP contribution in [0.2, 0.25) is 0 Å². The molecule has 10 nitrogen and oxygen atoms in total. The van der Waals surface area contributed by atoms with Gasteiger partial charge in [-0.25, -0.2) is 4.68 Å². The molecule has 0 spiro atoms. The molecular formula is C38H55N7O3S. The molecule has 0 fully saturated rings.